The molecule has 1 aliphatic heterocycles. The van der Waals surface area contributed by atoms with E-state index in [0.29, 0.717) is 29.3 Å². The Labute approximate surface area is 202 Å². The van der Waals surface area contributed by atoms with Gasteiger partial charge in [0.2, 0.25) is 0 Å². The second kappa shape index (κ2) is 9.88. The van der Waals surface area contributed by atoms with Gasteiger partial charge < -0.3 is 0 Å². The lowest BCUT2D eigenvalue weighted by Crippen LogP contribution is -2.65. The fraction of sp³-hybridized carbons (Fsp3) is 0.593. The summed E-state index contributed by atoms with van der Waals surface area (Å²) in [7, 11) is 0. The zero-order valence-corrected chi connectivity index (χ0v) is 20.9. The molecule has 2 amide bonds. The molecule has 0 radical (unpaired) electrons. The van der Waals surface area contributed by atoms with E-state index in [-0.39, 0.29) is 18.4 Å². The van der Waals surface area contributed by atoms with Crippen LogP contribution in [0, 0.1) is 0 Å². The quantitative estimate of drug-likeness (QED) is 0.520. The number of aromatic nitrogens is 2. The van der Waals surface area contributed by atoms with E-state index in [9.17, 15) is 9.59 Å². The van der Waals surface area contributed by atoms with Crippen LogP contribution in [0.2, 0.25) is 0 Å². The SMILES string of the molecule is CCc1ccc(N2C(=O)c3cc(C(C)C)nn3CC2(C)C(=O)N(F)C2CCCCCCC2)cc1. The summed E-state index contributed by atoms with van der Waals surface area (Å²) in [5, 5.41) is 5.04. The number of rotatable bonds is 5. The van der Waals surface area contributed by atoms with E-state index >= 15 is 4.48 Å². The first-order valence-electron chi connectivity index (χ1n) is 12.8. The summed E-state index contributed by atoms with van der Waals surface area (Å²) >= 11 is 0. The zero-order chi connectivity index (χ0) is 24.5. The molecule has 1 aliphatic carbocycles. The van der Waals surface area contributed by atoms with E-state index < -0.39 is 17.5 Å². The van der Waals surface area contributed by atoms with Crippen molar-refractivity contribution in [1.82, 2.24) is 14.9 Å². The number of carbonyl (C=O) groups is 2. The molecule has 184 valence electrons. The second-order valence-corrected chi connectivity index (χ2v) is 10.3. The van der Waals surface area contributed by atoms with Crippen molar-refractivity contribution >= 4 is 17.5 Å². The number of anilines is 1. The molecular weight excluding hydrogens is 431 g/mol. The van der Waals surface area contributed by atoms with Gasteiger partial charge in [0.05, 0.1) is 18.3 Å². The van der Waals surface area contributed by atoms with Gasteiger partial charge in [-0.1, -0.05) is 69.5 Å². The Kier molecular flexibility index (Phi) is 7.10. The van der Waals surface area contributed by atoms with Gasteiger partial charge in [-0.05, 0) is 55.9 Å². The highest BCUT2D eigenvalue weighted by atomic mass is 19.2. The second-order valence-electron chi connectivity index (χ2n) is 10.3. The van der Waals surface area contributed by atoms with Crippen molar-refractivity contribution in [1.29, 1.82) is 0 Å². The molecule has 1 aromatic heterocycles. The molecule has 1 atom stereocenters. The molecule has 1 aromatic carbocycles. The lowest BCUT2D eigenvalue weighted by Gasteiger charge is -2.44. The zero-order valence-electron chi connectivity index (χ0n) is 20.9. The number of fused-ring (bicyclic) bond motifs is 1. The van der Waals surface area contributed by atoms with Crippen molar-refractivity contribution in [3.05, 3.63) is 47.3 Å². The van der Waals surface area contributed by atoms with Gasteiger partial charge >= 0.3 is 0 Å². The van der Waals surface area contributed by atoms with Crippen molar-refractivity contribution in [2.24, 2.45) is 0 Å². The molecule has 34 heavy (non-hydrogen) atoms. The number of hydrogen-bond acceptors (Lipinski definition) is 3. The molecule has 1 saturated carbocycles. The summed E-state index contributed by atoms with van der Waals surface area (Å²) < 4.78 is 17.4. The highest BCUT2D eigenvalue weighted by Gasteiger charge is 2.52. The van der Waals surface area contributed by atoms with E-state index in [4.69, 9.17) is 0 Å². The average Bonchev–Trinajstić information content (AvgIpc) is 3.23. The van der Waals surface area contributed by atoms with Gasteiger partial charge in [-0.3, -0.25) is 19.2 Å². The minimum Gasteiger partial charge on any atom is -0.290 e. The summed E-state index contributed by atoms with van der Waals surface area (Å²) in [6, 6.07) is 8.98. The lowest BCUT2D eigenvalue weighted by atomic mass is 9.91. The standard InChI is InChI=1S/C27H37FN4O2/c1-5-20-13-15-21(16-14-20)31-25(33)24-17-23(19(2)3)29-30(24)18-27(31,4)26(34)32(28)22-11-9-7-6-8-10-12-22/h13-17,19,22H,5-12,18H2,1-4H3. The first-order chi connectivity index (χ1) is 16.3. The van der Waals surface area contributed by atoms with Crippen LogP contribution in [-0.4, -0.2) is 38.3 Å². The molecule has 2 heterocycles. The molecule has 7 heteroatoms. The normalized spacial score (nSPS) is 21.8. The molecule has 2 aromatic rings. The van der Waals surface area contributed by atoms with E-state index in [1.54, 1.807) is 17.7 Å². The van der Waals surface area contributed by atoms with Crippen molar-refractivity contribution < 1.29 is 14.1 Å². The van der Waals surface area contributed by atoms with E-state index in [1.807, 2.05) is 38.1 Å². The van der Waals surface area contributed by atoms with Crippen LogP contribution >= 0.6 is 0 Å². The van der Waals surface area contributed by atoms with Crippen molar-refractivity contribution in [2.75, 3.05) is 4.90 Å². The first kappa shape index (κ1) is 24.4. The van der Waals surface area contributed by atoms with Gasteiger partial charge in [0.15, 0.2) is 0 Å². The average molecular weight is 469 g/mol. The van der Waals surface area contributed by atoms with Gasteiger partial charge in [-0.15, -0.1) is 0 Å². The Morgan fingerprint density at radius 3 is 2.35 bits per heavy atom. The number of hydrogen-bond donors (Lipinski definition) is 0. The summed E-state index contributed by atoms with van der Waals surface area (Å²) in [5.41, 5.74) is 1.54. The number of aryl methyl sites for hydroxylation is 1. The van der Waals surface area contributed by atoms with E-state index in [2.05, 4.69) is 12.0 Å². The van der Waals surface area contributed by atoms with E-state index in [0.717, 1.165) is 43.4 Å². The smallest absolute Gasteiger partial charge is 0.278 e. The number of carbonyl (C=O) groups excluding carboxylic acids is 2. The maximum atomic E-state index is 15.8. The Morgan fingerprint density at radius 1 is 1.15 bits per heavy atom. The predicted molar refractivity (Wildman–Crippen MR) is 131 cm³/mol. The van der Waals surface area contributed by atoms with Gasteiger partial charge in [0, 0.05) is 5.69 Å². The van der Waals surface area contributed by atoms with Gasteiger partial charge in [-0.25, -0.2) is 0 Å². The van der Waals surface area contributed by atoms with Gasteiger partial charge in [0.25, 0.3) is 11.8 Å². The van der Waals surface area contributed by atoms with Crippen molar-refractivity contribution in [3.8, 4) is 0 Å². The minimum absolute atomic E-state index is 0.113. The highest BCUT2D eigenvalue weighted by Crippen LogP contribution is 2.36. The maximum Gasteiger partial charge on any atom is 0.278 e. The van der Waals surface area contributed by atoms with Gasteiger partial charge in [0.1, 0.15) is 11.2 Å². The topological polar surface area (TPSA) is 58.4 Å². The molecule has 6 nitrogen and oxygen atoms in total. The number of nitrogens with zero attached hydrogens (tertiary/aromatic N) is 4. The first-order valence-corrected chi connectivity index (χ1v) is 12.8. The monoisotopic (exact) mass is 468 g/mol. The largest absolute Gasteiger partial charge is 0.290 e. The molecule has 1 fully saturated rings. The van der Waals surface area contributed by atoms with Crippen LogP contribution in [0.15, 0.2) is 30.3 Å². The fourth-order valence-corrected chi connectivity index (χ4v) is 5.22. The molecule has 2 aliphatic rings. The molecular formula is C27H37FN4O2. The molecule has 0 spiro atoms. The van der Waals surface area contributed by atoms with Crippen LogP contribution in [-0.2, 0) is 17.8 Å². The maximum absolute atomic E-state index is 15.8. The van der Waals surface area contributed by atoms with E-state index in [1.165, 1.54) is 11.3 Å². The molecule has 1 unspecified atom stereocenters. The molecule has 0 N–H and O–H groups in total. The van der Waals surface area contributed by atoms with Crippen LogP contribution < -0.4 is 4.90 Å². The van der Waals surface area contributed by atoms with Crippen LogP contribution in [0.4, 0.5) is 10.2 Å². The van der Waals surface area contributed by atoms with Crippen LogP contribution in [0.5, 0.6) is 0 Å². The summed E-state index contributed by atoms with van der Waals surface area (Å²) in [5.74, 6) is -0.854. The third-order valence-corrected chi connectivity index (χ3v) is 7.42. The number of amides is 2. The lowest BCUT2D eigenvalue weighted by molar-refractivity contribution is -0.160. The van der Waals surface area contributed by atoms with Crippen LogP contribution in [0.25, 0.3) is 0 Å². The Hall–Kier alpha value is -2.70. The third kappa shape index (κ3) is 4.49. The highest BCUT2D eigenvalue weighted by molar-refractivity contribution is 6.11. The third-order valence-electron chi connectivity index (χ3n) is 7.42. The van der Waals surface area contributed by atoms with Crippen LogP contribution in [0.3, 0.4) is 0 Å². The Bertz CT molecular complexity index is 1020. The summed E-state index contributed by atoms with van der Waals surface area (Å²) in [4.78, 5) is 29.1. The van der Waals surface area contributed by atoms with Crippen molar-refractivity contribution in [3.63, 3.8) is 0 Å². The fourth-order valence-electron chi connectivity index (χ4n) is 5.22. The molecule has 4 rings (SSSR count). The molecule has 0 saturated heterocycles. The summed E-state index contributed by atoms with van der Waals surface area (Å²) in [6.07, 6.45) is 7.31. The minimum atomic E-state index is -1.42. The molecule has 0 bridgehead atoms. The Morgan fingerprint density at radius 2 is 1.76 bits per heavy atom. The van der Waals surface area contributed by atoms with Crippen molar-refractivity contribution in [2.45, 2.75) is 103 Å². The van der Waals surface area contributed by atoms with Gasteiger partial charge in [-0.2, -0.15) is 10.2 Å². The predicted octanol–water partition coefficient (Wildman–Crippen LogP) is 5.81. The summed E-state index contributed by atoms with van der Waals surface area (Å²) in [6.45, 7) is 7.89. The number of benzene rings is 1. The Balaban J connectivity index is 1.74. The van der Waals surface area contributed by atoms with Crippen LogP contribution in [0.1, 0.15) is 100 Å². The number of halogens is 1.